The molecule has 0 bridgehead atoms. The van der Waals surface area contributed by atoms with Gasteiger partial charge in [-0.15, -0.1) is 0 Å². The summed E-state index contributed by atoms with van der Waals surface area (Å²) in [4.78, 5) is 38.1. The Hall–Kier alpha value is -3.20. The fourth-order valence-electron chi connectivity index (χ4n) is 4.09. The van der Waals surface area contributed by atoms with Crippen LogP contribution in [0.5, 0.6) is 5.75 Å². The Balaban J connectivity index is 1.42. The molecule has 2 aromatic rings. The van der Waals surface area contributed by atoms with Crippen LogP contribution >= 0.6 is 7.82 Å². The number of phosphoric acid groups is 1. The number of carbonyl (C=O) groups is 1. The number of fused-ring (bicyclic) bond motifs is 1. The van der Waals surface area contributed by atoms with Gasteiger partial charge < -0.3 is 19.1 Å². The van der Waals surface area contributed by atoms with Gasteiger partial charge in [-0.05, 0) is 19.9 Å². The molecule has 0 saturated carbocycles. The maximum Gasteiger partial charge on any atom is 0.530 e. The van der Waals surface area contributed by atoms with Crippen LogP contribution in [0.25, 0.3) is 0 Å². The van der Waals surface area contributed by atoms with Gasteiger partial charge in [-0.2, -0.15) is 0 Å². The zero-order chi connectivity index (χ0) is 26.8. The van der Waals surface area contributed by atoms with Crippen LogP contribution in [0.1, 0.15) is 51.0 Å². The molecule has 12 nitrogen and oxygen atoms in total. The molecule has 2 aliphatic rings. The first-order valence-corrected chi connectivity index (χ1v) is 13.0. The van der Waals surface area contributed by atoms with Crippen molar-refractivity contribution in [1.82, 2.24) is 9.55 Å². The molecule has 0 amide bonds. The molecule has 4 atom stereocenters. The van der Waals surface area contributed by atoms with Crippen LogP contribution in [0.4, 0.5) is 0 Å². The number of aliphatic hydroxyl groups excluding tert-OH is 1. The summed E-state index contributed by atoms with van der Waals surface area (Å²) in [7, 11) is -3.90. The van der Waals surface area contributed by atoms with E-state index in [1.807, 2.05) is 12.1 Å². The van der Waals surface area contributed by atoms with Crippen LogP contribution in [0.2, 0.25) is 0 Å². The Morgan fingerprint density at radius 2 is 2.08 bits per heavy atom. The third-order valence-electron chi connectivity index (χ3n) is 5.74. The zero-order valence-electron chi connectivity index (χ0n) is 20.5. The van der Waals surface area contributed by atoms with E-state index in [0.29, 0.717) is 5.75 Å². The molecule has 1 aromatic carbocycles. The maximum atomic E-state index is 13.0. The van der Waals surface area contributed by atoms with Gasteiger partial charge in [0.1, 0.15) is 35.3 Å². The first-order valence-electron chi connectivity index (χ1n) is 11.5. The second-order valence-corrected chi connectivity index (χ2v) is 10.4. The van der Waals surface area contributed by atoms with Crippen molar-refractivity contribution in [2.45, 2.75) is 57.6 Å². The molecule has 1 fully saturated rings. The van der Waals surface area contributed by atoms with Crippen molar-refractivity contribution in [1.29, 1.82) is 0 Å². The highest BCUT2D eigenvalue weighted by Gasteiger charge is 2.44. The van der Waals surface area contributed by atoms with Crippen molar-refractivity contribution in [3.63, 3.8) is 0 Å². The predicted molar refractivity (Wildman–Crippen MR) is 129 cm³/mol. The lowest BCUT2D eigenvalue weighted by Crippen LogP contribution is -2.33. The molecule has 4 unspecified atom stereocenters. The standard InChI is InChI=1S/C24H27N2O10P/c1-15(28)33-19-12-21(34-20(19)14-27)26-13-16(22(29)25-23(26)30)8-6-7-11-32-37(31)35-18-10-5-4-9-17(18)24(2,3)36-37/h4-5,9-10,13,19-21,27H,7,11-12,14H2,1-3H3,(H,25,29,30). The van der Waals surface area contributed by atoms with Gasteiger partial charge in [0.05, 0.1) is 13.2 Å². The number of aliphatic hydroxyl groups is 1. The highest BCUT2D eigenvalue weighted by Crippen LogP contribution is 2.60. The smallest absolute Gasteiger partial charge is 0.460 e. The summed E-state index contributed by atoms with van der Waals surface area (Å²) in [5, 5.41) is 9.50. The van der Waals surface area contributed by atoms with E-state index in [0.717, 1.165) is 10.1 Å². The summed E-state index contributed by atoms with van der Waals surface area (Å²) in [5.74, 6) is 5.26. The number of rotatable bonds is 6. The molecular weight excluding hydrogens is 507 g/mol. The minimum atomic E-state index is -3.90. The van der Waals surface area contributed by atoms with Crippen LogP contribution < -0.4 is 15.8 Å². The summed E-state index contributed by atoms with van der Waals surface area (Å²) >= 11 is 0. The first kappa shape index (κ1) is 26.9. The topological polar surface area (TPSA) is 155 Å². The Kier molecular flexibility index (Phi) is 7.73. The van der Waals surface area contributed by atoms with Crippen LogP contribution in [-0.4, -0.2) is 46.0 Å². The number of ether oxygens (including phenoxy) is 2. The van der Waals surface area contributed by atoms with E-state index in [1.165, 1.54) is 13.1 Å². The highest BCUT2D eigenvalue weighted by atomic mass is 31.2. The van der Waals surface area contributed by atoms with Gasteiger partial charge in [-0.3, -0.25) is 28.2 Å². The van der Waals surface area contributed by atoms with Crippen molar-refractivity contribution < 1.29 is 37.5 Å². The number of nitrogens with zero attached hydrogens (tertiary/aromatic N) is 1. The predicted octanol–water partition coefficient (Wildman–Crippen LogP) is 1.96. The van der Waals surface area contributed by atoms with Crippen LogP contribution in [-0.2, 0) is 33.5 Å². The molecular formula is C24H27N2O10P. The van der Waals surface area contributed by atoms with Crippen molar-refractivity contribution in [3.8, 4) is 17.6 Å². The lowest BCUT2D eigenvalue weighted by Gasteiger charge is -2.35. The number of H-pyrrole nitrogens is 1. The number of nitrogens with one attached hydrogen (secondary N) is 1. The Labute approximate surface area is 212 Å². The second-order valence-electron chi connectivity index (χ2n) is 8.93. The average molecular weight is 534 g/mol. The number of esters is 1. The summed E-state index contributed by atoms with van der Waals surface area (Å²) in [6.45, 7) is 4.23. The Bertz CT molecular complexity index is 1400. The van der Waals surface area contributed by atoms with E-state index in [-0.39, 0.29) is 25.0 Å². The molecule has 3 heterocycles. The van der Waals surface area contributed by atoms with E-state index < -0.39 is 55.7 Å². The fourth-order valence-corrected chi connectivity index (χ4v) is 5.61. The third-order valence-corrected chi connectivity index (χ3v) is 7.34. The fraction of sp³-hybridized carbons (Fsp3) is 0.458. The van der Waals surface area contributed by atoms with Crippen LogP contribution in [0.15, 0.2) is 40.1 Å². The maximum absolute atomic E-state index is 13.0. The quantitative estimate of drug-likeness (QED) is 0.243. The lowest BCUT2D eigenvalue weighted by molar-refractivity contribution is -0.150. The third kappa shape index (κ3) is 6.04. The summed E-state index contributed by atoms with van der Waals surface area (Å²) in [6.07, 6.45) is -1.03. The highest BCUT2D eigenvalue weighted by molar-refractivity contribution is 7.49. The second kappa shape index (κ2) is 10.7. The number of para-hydroxylation sites is 1. The summed E-state index contributed by atoms with van der Waals surface area (Å²) in [6, 6.07) is 7.08. The molecule has 37 heavy (non-hydrogen) atoms. The van der Waals surface area contributed by atoms with Gasteiger partial charge in [0.15, 0.2) is 0 Å². The molecule has 13 heteroatoms. The SMILES string of the molecule is CC(=O)OC1CC(n2cc(C#CCCOP3(=O)Oc4ccccc4C(C)(C)O3)c(=O)[nH]c2=O)OC1CO. The van der Waals surface area contributed by atoms with E-state index in [1.54, 1.807) is 26.0 Å². The van der Waals surface area contributed by atoms with Crippen LogP contribution in [0.3, 0.4) is 0 Å². The Morgan fingerprint density at radius 3 is 2.81 bits per heavy atom. The van der Waals surface area contributed by atoms with Crippen molar-refractivity contribution in [2.75, 3.05) is 13.2 Å². The van der Waals surface area contributed by atoms with Gasteiger partial charge >= 0.3 is 19.5 Å². The minimum absolute atomic E-state index is 0.0217. The summed E-state index contributed by atoms with van der Waals surface area (Å²) < 4.78 is 41.4. The van der Waals surface area contributed by atoms with Gasteiger partial charge in [0, 0.05) is 31.5 Å². The number of carbonyl (C=O) groups excluding carboxylic acids is 1. The average Bonchev–Trinajstić information content (AvgIpc) is 3.21. The number of phosphoric ester groups is 1. The zero-order valence-corrected chi connectivity index (χ0v) is 21.4. The lowest BCUT2D eigenvalue weighted by atomic mass is 9.98. The van der Waals surface area contributed by atoms with Crippen molar-refractivity contribution in [2.24, 2.45) is 0 Å². The molecule has 0 aliphatic carbocycles. The molecule has 0 spiro atoms. The number of aromatic amines is 1. The normalized spacial score (nSPS) is 25.9. The minimum Gasteiger partial charge on any atom is -0.460 e. The number of hydrogen-bond donors (Lipinski definition) is 2. The van der Waals surface area contributed by atoms with Crippen molar-refractivity contribution in [3.05, 3.63) is 62.4 Å². The monoisotopic (exact) mass is 534 g/mol. The molecule has 0 radical (unpaired) electrons. The molecule has 2 N–H and O–H groups in total. The molecule has 1 aromatic heterocycles. The van der Waals surface area contributed by atoms with E-state index in [9.17, 15) is 24.1 Å². The summed E-state index contributed by atoms with van der Waals surface area (Å²) in [5.41, 5.74) is -1.60. The number of hydrogen-bond acceptors (Lipinski definition) is 10. The van der Waals surface area contributed by atoms with Gasteiger partial charge in [0.25, 0.3) is 5.56 Å². The Morgan fingerprint density at radius 1 is 1.32 bits per heavy atom. The van der Waals surface area contributed by atoms with E-state index in [2.05, 4.69) is 16.8 Å². The van der Waals surface area contributed by atoms with Crippen LogP contribution in [0, 0.1) is 11.8 Å². The van der Waals surface area contributed by atoms with Gasteiger partial charge in [-0.1, -0.05) is 30.0 Å². The number of aromatic nitrogens is 2. The van der Waals surface area contributed by atoms with Crippen molar-refractivity contribution >= 4 is 13.8 Å². The van der Waals surface area contributed by atoms with E-state index >= 15 is 0 Å². The largest absolute Gasteiger partial charge is 0.530 e. The molecule has 1 saturated heterocycles. The molecule has 4 rings (SSSR count). The number of benzene rings is 1. The van der Waals surface area contributed by atoms with E-state index in [4.69, 9.17) is 23.0 Å². The van der Waals surface area contributed by atoms with Gasteiger partial charge in [-0.25, -0.2) is 9.36 Å². The first-order chi connectivity index (χ1) is 17.5. The molecule has 198 valence electrons. The molecule has 2 aliphatic heterocycles. The van der Waals surface area contributed by atoms with Gasteiger partial charge in [0.2, 0.25) is 0 Å².